The predicted octanol–water partition coefficient (Wildman–Crippen LogP) is 4.37. The SMILES string of the molecule is COC(=O)C(C/C(C)=C\C=C\[C@H](C)[C@H](CC/C(C)=C\C1COC(C)(C)O1)OC)C(=O)OC. The fraction of sp³-hybridized carbons (Fsp3) is 0.680. The van der Waals surface area contributed by atoms with E-state index in [1.54, 1.807) is 7.11 Å². The first-order chi connectivity index (χ1) is 15.0. The molecule has 0 aromatic heterocycles. The van der Waals surface area contributed by atoms with Gasteiger partial charge >= 0.3 is 11.9 Å². The van der Waals surface area contributed by atoms with Gasteiger partial charge in [-0.05, 0) is 47.0 Å². The van der Waals surface area contributed by atoms with E-state index in [0.717, 1.165) is 18.4 Å². The normalized spacial score (nSPS) is 21.1. The molecule has 7 nitrogen and oxygen atoms in total. The van der Waals surface area contributed by atoms with E-state index < -0.39 is 23.6 Å². The van der Waals surface area contributed by atoms with Crippen LogP contribution in [0.15, 0.2) is 35.5 Å². The first-order valence-corrected chi connectivity index (χ1v) is 11.0. The van der Waals surface area contributed by atoms with Gasteiger partial charge in [-0.25, -0.2) is 0 Å². The second-order valence-electron chi connectivity index (χ2n) is 8.75. The van der Waals surface area contributed by atoms with E-state index in [1.165, 1.54) is 19.8 Å². The van der Waals surface area contributed by atoms with Crippen molar-refractivity contribution < 1.29 is 33.3 Å². The van der Waals surface area contributed by atoms with Gasteiger partial charge in [0, 0.05) is 13.0 Å². The molecule has 1 fully saturated rings. The summed E-state index contributed by atoms with van der Waals surface area (Å²) in [7, 11) is 4.25. The van der Waals surface area contributed by atoms with E-state index in [9.17, 15) is 9.59 Å². The summed E-state index contributed by atoms with van der Waals surface area (Å²) < 4.78 is 26.6. The Hall–Kier alpha value is -1.96. The van der Waals surface area contributed by atoms with Crippen molar-refractivity contribution in [2.45, 2.75) is 71.9 Å². The summed E-state index contributed by atoms with van der Waals surface area (Å²) in [6.45, 7) is 10.5. The number of carbonyl (C=O) groups excluding carboxylic acids is 2. The molecule has 0 spiro atoms. The molecule has 1 aliphatic heterocycles. The van der Waals surface area contributed by atoms with Crippen molar-refractivity contribution in [1.29, 1.82) is 0 Å². The van der Waals surface area contributed by atoms with Crippen LogP contribution in [0.25, 0.3) is 0 Å². The maximum absolute atomic E-state index is 11.8. The van der Waals surface area contributed by atoms with Crippen LogP contribution in [0.4, 0.5) is 0 Å². The molecule has 1 unspecified atom stereocenters. The highest BCUT2D eigenvalue weighted by Crippen LogP contribution is 2.25. The van der Waals surface area contributed by atoms with E-state index in [2.05, 4.69) is 26.0 Å². The first kappa shape index (κ1) is 28.1. The Balaban J connectivity index is 2.60. The second-order valence-corrected chi connectivity index (χ2v) is 8.75. The molecule has 182 valence electrons. The molecule has 1 saturated heterocycles. The Morgan fingerprint density at radius 1 is 1.09 bits per heavy atom. The quantitative estimate of drug-likeness (QED) is 0.188. The number of methoxy groups -OCH3 is 3. The average Bonchev–Trinajstić information content (AvgIpc) is 3.09. The number of hydrogen-bond donors (Lipinski definition) is 0. The van der Waals surface area contributed by atoms with Gasteiger partial charge in [0.25, 0.3) is 0 Å². The lowest BCUT2D eigenvalue weighted by Crippen LogP contribution is -2.26. The smallest absolute Gasteiger partial charge is 0.320 e. The average molecular weight is 453 g/mol. The summed E-state index contributed by atoms with van der Waals surface area (Å²) in [4.78, 5) is 23.6. The van der Waals surface area contributed by atoms with Crippen LogP contribution in [0.5, 0.6) is 0 Å². The molecule has 1 rings (SSSR count). The van der Waals surface area contributed by atoms with Crippen molar-refractivity contribution in [2.24, 2.45) is 11.8 Å². The molecular formula is C25H40O7. The molecular weight excluding hydrogens is 412 g/mol. The van der Waals surface area contributed by atoms with Crippen molar-refractivity contribution >= 4 is 11.9 Å². The van der Waals surface area contributed by atoms with Gasteiger partial charge in [-0.15, -0.1) is 0 Å². The van der Waals surface area contributed by atoms with Crippen LogP contribution in [0, 0.1) is 11.8 Å². The molecule has 0 N–H and O–H groups in total. The second kappa shape index (κ2) is 13.6. The summed E-state index contributed by atoms with van der Waals surface area (Å²) in [5.74, 6) is -2.46. The minimum atomic E-state index is -0.951. The van der Waals surface area contributed by atoms with E-state index in [4.69, 9.17) is 23.7 Å². The summed E-state index contributed by atoms with van der Waals surface area (Å²) in [5, 5.41) is 0. The highest BCUT2D eigenvalue weighted by atomic mass is 16.7. The van der Waals surface area contributed by atoms with E-state index >= 15 is 0 Å². The van der Waals surface area contributed by atoms with Gasteiger partial charge in [-0.3, -0.25) is 9.59 Å². The third-order valence-corrected chi connectivity index (χ3v) is 5.51. The van der Waals surface area contributed by atoms with Gasteiger partial charge < -0.3 is 23.7 Å². The summed E-state index contributed by atoms with van der Waals surface area (Å²) in [6, 6.07) is 0. The minimum Gasteiger partial charge on any atom is -0.468 e. The van der Waals surface area contributed by atoms with Crippen LogP contribution in [0.1, 0.15) is 53.9 Å². The minimum absolute atomic E-state index is 0.00441. The molecule has 0 radical (unpaired) electrons. The van der Waals surface area contributed by atoms with Gasteiger partial charge in [0.2, 0.25) is 0 Å². The largest absolute Gasteiger partial charge is 0.468 e. The van der Waals surface area contributed by atoms with Crippen LogP contribution in [-0.2, 0) is 33.3 Å². The molecule has 0 aromatic carbocycles. The monoisotopic (exact) mass is 452 g/mol. The molecule has 0 aliphatic carbocycles. The molecule has 1 aliphatic rings. The van der Waals surface area contributed by atoms with Crippen molar-refractivity contribution in [3.8, 4) is 0 Å². The number of allylic oxidation sites excluding steroid dienone is 4. The number of esters is 2. The number of ether oxygens (including phenoxy) is 5. The summed E-state index contributed by atoms with van der Waals surface area (Å²) in [6.07, 6.45) is 10.1. The third kappa shape index (κ3) is 9.67. The lowest BCUT2D eigenvalue weighted by molar-refractivity contribution is -0.158. The maximum atomic E-state index is 11.8. The lowest BCUT2D eigenvalue weighted by atomic mass is 9.96. The predicted molar refractivity (Wildman–Crippen MR) is 123 cm³/mol. The van der Waals surface area contributed by atoms with Crippen LogP contribution < -0.4 is 0 Å². The Labute approximate surface area is 192 Å². The fourth-order valence-electron chi connectivity index (χ4n) is 3.62. The molecule has 7 heteroatoms. The Bertz CT molecular complexity index is 689. The van der Waals surface area contributed by atoms with Crippen molar-refractivity contribution in [2.75, 3.05) is 27.9 Å². The Kier molecular flexibility index (Phi) is 11.9. The number of carbonyl (C=O) groups is 2. The van der Waals surface area contributed by atoms with Gasteiger partial charge in [0.15, 0.2) is 11.7 Å². The zero-order valence-electron chi connectivity index (χ0n) is 20.8. The van der Waals surface area contributed by atoms with Gasteiger partial charge in [-0.1, -0.05) is 42.4 Å². The molecule has 0 amide bonds. The zero-order chi connectivity index (χ0) is 24.3. The topological polar surface area (TPSA) is 80.3 Å². The lowest BCUT2D eigenvalue weighted by Gasteiger charge is -2.20. The van der Waals surface area contributed by atoms with E-state index in [1.807, 2.05) is 32.9 Å². The highest BCUT2D eigenvalue weighted by Gasteiger charge is 2.31. The zero-order valence-corrected chi connectivity index (χ0v) is 20.8. The molecule has 0 saturated carbocycles. The maximum Gasteiger partial charge on any atom is 0.320 e. The number of hydrogen-bond acceptors (Lipinski definition) is 7. The molecule has 0 aromatic rings. The van der Waals surface area contributed by atoms with Crippen LogP contribution in [0.2, 0.25) is 0 Å². The molecule has 1 heterocycles. The summed E-state index contributed by atoms with van der Waals surface area (Å²) >= 11 is 0. The van der Waals surface area contributed by atoms with E-state index in [0.29, 0.717) is 6.61 Å². The van der Waals surface area contributed by atoms with Gasteiger partial charge in [0.05, 0.1) is 26.9 Å². The van der Waals surface area contributed by atoms with Crippen molar-refractivity contribution in [3.05, 3.63) is 35.5 Å². The first-order valence-electron chi connectivity index (χ1n) is 11.0. The standard InChI is InChI=1S/C25H40O7/c1-17(15-21(23(26)29-7)24(27)30-8)10-9-11-19(3)22(28-6)13-12-18(2)14-20-16-31-25(4,5)32-20/h9-11,14,19-22H,12-13,15-16H2,1-8H3/b11-9+,17-10-,18-14-/t19-,20?,22-/m0/s1. The van der Waals surface area contributed by atoms with Crippen LogP contribution >= 0.6 is 0 Å². The third-order valence-electron chi connectivity index (χ3n) is 5.51. The van der Waals surface area contributed by atoms with Crippen molar-refractivity contribution in [1.82, 2.24) is 0 Å². The fourth-order valence-corrected chi connectivity index (χ4v) is 3.62. The Morgan fingerprint density at radius 2 is 1.72 bits per heavy atom. The van der Waals surface area contributed by atoms with Gasteiger partial charge in [0.1, 0.15) is 6.10 Å². The Morgan fingerprint density at radius 3 is 2.22 bits per heavy atom. The van der Waals surface area contributed by atoms with Crippen molar-refractivity contribution in [3.63, 3.8) is 0 Å². The molecule has 0 bridgehead atoms. The van der Waals surface area contributed by atoms with Crippen LogP contribution in [-0.4, -0.2) is 57.9 Å². The molecule has 3 atom stereocenters. The highest BCUT2D eigenvalue weighted by molar-refractivity contribution is 5.95. The molecule has 32 heavy (non-hydrogen) atoms. The van der Waals surface area contributed by atoms with Crippen LogP contribution in [0.3, 0.4) is 0 Å². The summed E-state index contributed by atoms with van der Waals surface area (Å²) in [5.41, 5.74) is 2.13. The number of rotatable bonds is 12. The van der Waals surface area contributed by atoms with E-state index in [-0.39, 0.29) is 24.5 Å². The van der Waals surface area contributed by atoms with Gasteiger partial charge in [-0.2, -0.15) is 0 Å².